The van der Waals surface area contributed by atoms with Gasteiger partial charge < -0.3 is 9.64 Å². The van der Waals surface area contributed by atoms with Crippen LogP contribution in [-0.4, -0.2) is 34.3 Å². The van der Waals surface area contributed by atoms with E-state index in [2.05, 4.69) is 20.2 Å². The van der Waals surface area contributed by atoms with Crippen LogP contribution in [0.3, 0.4) is 0 Å². The van der Waals surface area contributed by atoms with Crippen molar-refractivity contribution in [2.45, 2.75) is 6.54 Å². The number of ether oxygens (including phenoxy) is 1. The number of benzene rings is 1. The van der Waals surface area contributed by atoms with Crippen LogP contribution in [0.1, 0.15) is 5.56 Å². The summed E-state index contributed by atoms with van der Waals surface area (Å²) in [5.41, 5.74) is 0.862. The van der Waals surface area contributed by atoms with Crippen LogP contribution in [0.5, 0.6) is 5.75 Å². The summed E-state index contributed by atoms with van der Waals surface area (Å²) in [6.07, 6.45) is 1.42. The second-order valence-electron chi connectivity index (χ2n) is 4.85. The number of nitrogens with zero attached hydrogens (tertiary/aromatic N) is 3. The molecule has 0 aliphatic carbocycles. The van der Waals surface area contributed by atoms with Crippen molar-refractivity contribution in [1.82, 2.24) is 20.2 Å². The van der Waals surface area contributed by atoms with Gasteiger partial charge in [0, 0.05) is 13.6 Å². The lowest BCUT2D eigenvalue weighted by atomic mass is 10.2. The monoisotopic (exact) mass is 303 g/mol. The molecule has 0 saturated carbocycles. The van der Waals surface area contributed by atoms with E-state index < -0.39 is 5.82 Å². The van der Waals surface area contributed by atoms with Gasteiger partial charge in [0.1, 0.15) is 5.39 Å². The molecule has 2 heterocycles. The molecule has 114 valence electrons. The van der Waals surface area contributed by atoms with Crippen molar-refractivity contribution >= 4 is 17.0 Å². The zero-order chi connectivity index (χ0) is 15.7. The molecule has 0 saturated heterocycles. The van der Waals surface area contributed by atoms with Crippen molar-refractivity contribution in [2.24, 2.45) is 0 Å². The molecule has 3 rings (SSSR count). The number of anilines is 1. The molecule has 0 unspecified atom stereocenters. The second-order valence-corrected chi connectivity index (χ2v) is 4.85. The molecular weight excluding hydrogens is 289 g/mol. The molecule has 7 nitrogen and oxygen atoms in total. The maximum atomic E-state index is 13.7. The number of methoxy groups -OCH3 is 1. The maximum Gasteiger partial charge on any atom is 0.263 e. The first-order chi connectivity index (χ1) is 10.6. The highest BCUT2D eigenvalue weighted by Gasteiger charge is 2.11. The number of rotatable bonds is 4. The molecule has 0 aliphatic rings. The van der Waals surface area contributed by atoms with E-state index in [9.17, 15) is 9.18 Å². The van der Waals surface area contributed by atoms with Crippen molar-refractivity contribution in [3.05, 3.63) is 46.1 Å². The highest BCUT2D eigenvalue weighted by atomic mass is 19.1. The second kappa shape index (κ2) is 5.47. The van der Waals surface area contributed by atoms with E-state index in [4.69, 9.17) is 4.74 Å². The summed E-state index contributed by atoms with van der Waals surface area (Å²) in [4.78, 5) is 20.6. The van der Waals surface area contributed by atoms with Crippen molar-refractivity contribution in [3.63, 3.8) is 0 Å². The molecule has 0 atom stereocenters. The van der Waals surface area contributed by atoms with Crippen molar-refractivity contribution in [1.29, 1.82) is 0 Å². The Hall–Kier alpha value is -2.90. The summed E-state index contributed by atoms with van der Waals surface area (Å²) in [6, 6.07) is 4.71. The SMILES string of the molecule is COc1ccc(CN(C)c2nc3[nH]ncc3c(=O)[nH]2)cc1F. The third-order valence-corrected chi connectivity index (χ3v) is 3.30. The Morgan fingerprint density at radius 2 is 2.23 bits per heavy atom. The normalized spacial score (nSPS) is 10.9. The summed E-state index contributed by atoms with van der Waals surface area (Å²) < 4.78 is 18.6. The minimum Gasteiger partial charge on any atom is -0.494 e. The van der Waals surface area contributed by atoms with Gasteiger partial charge in [-0.15, -0.1) is 0 Å². The molecule has 8 heteroatoms. The third-order valence-electron chi connectivity index (χ3n) is 3.30. The lowest BCUT2D eigenvalue weighted by molar-refractivity contribution is 0.386. The summed E-state index contributed by atoms with van der Waals surface area (Å²) in [5, 5.41) is 6.84. The number of nitrogens with one attached hydrogen (secondary N) is 2. The summed E-state index contributed by atoms with van der Waals surface area (Å²) in [6.45, 7) is 0.378. The Kier molecular flexibility index (Phi) is 3.50. The van der Waals surface area contributed by atoms with E-state index >= 15 is 0 Å². The van der Waals surface area contributed by atoms with Gasteiger partial charge in [-0.25, -0.2) is 4.39 Å². The minimum absolute atomic E-state index is 0.191. The van der Waals surface area contributed by atoms with E-state index in [0.717, 1.165) is 5.56 Å². The molecule has 0 fully saturated rings. The van der Waals surface area contributed by atoms with Gasteiger partial charge in [0.25, 0.3) is 5.56 Å². The van der Waals surface area contributed by atoms with Crippen LogP contribution in [0.4, 0.5) is 10.3 Å². The highest BCUT2D eigenvalue weighted by molar-refractivity contribution is 5.73. The maximum absolute atomic E-state index is 13.7. The molecule has 0 radical (unpaired) electrons. The van der Waals surface area contributed by atoms with E-state index in [-0.39, 0.29) is 11.3 Å². The van der Waals surface area contributed by atoms with E-state index in [1.165, 1.54) is 19.4 Å². The first-order valence-corrected chi connectivity index (χ1v) is 6.55. The Morgan fingerprint density at radius 1 is 1.41 bits per heavy atom. The first-order valence-electron chi connectivity index (χ1n) is 6.55. The largest absolute Gasteiger partial charge is 0.494 e. The molecule has 2 aromatic heterocycles. The van der Waals surface area contributed by atoms with Crippen molar-refractivity contribution < 1.29 is 9.13 Å². The number of hydrogen-bond donors (Lipinski definition) is 2. The average Bonchev–Trinajstić information content (AvgIpc) is 2.96. The molecule has 0 bridgehead atoms. The van der Waals surface area contributed by atoms with Crippen LogP contribution in [0.15, 0.2) is 29.2 Å². The van der Waals surface area contributed by atoms with E-state index in [1.807, 2.05) is 0 Å². The number of fused-ring (bicyclic) bond motifs is 1. The van der Waals surface area contributed by atoms with Crippen LogP contribution < -0.4 is 15.2 Å². The van der Waals surface area contributed by atoms with Gasteiger partial charge in [0.15, 0.2) is 17.2 Å². The summed E-state index contributed by atoms with van der Waals surface area (Å²) in [5.74, 6) is 0.133. The number of halogens is 1. The van der Waals surface area contributed by atoms with Gasteiger partial charge in [0.2, 0.25) is 5.95 Å². The van der Waals surface area contributed by atoms with Gasteiger partial charge in [-0.3, -0.25) is 14.9 Å². The number of aromatic amines is 2. The fraction of sp³-hybridized carbons (Fsp3) is 0.214. The summed E-state index contributed by atoms with van der Waals surface area (Å²) >= 11 is 0. The molecule has 2 N–H and O–H groups in total. The topological polar surface area (TPSA) is 86.9 Å². The van der Waals surface area contributed by atoms with E-state index in [0.29, 0.717) is 23.5 Å². The Balaban J connectivity index is 1.88. The Morgan fingerprint density at radius 3 is 2.95 bits per heavy atom. The summed E-state index contributed by atoms with van der Waals surface area (Å²) in [7, 11) is 3.17. The minimum atomic E-state index is -0.432. The van der Waals surface area contributed by atoms with Gasteiger partial charge in [-0.2, -0.15) is 10.1 Å². The van der Waals surface area contributed by atoms with Crippen LogP contribution in [-0.2, 0) is 6.54 Å². The third kappa shape index (κ3) is 2.50. The zero-order valence-corrected chi connectivity index (χ0v) is 12.1. The molecule has 0 spiro atoms. The van der Waals surface area contributed by atoms with Crippen LogP contribution in [0.2, 0.25) is 0 Å². The van der Waals surface area contributed by atoms with Gasteiger partial charge in [0.05, 0.1) is 13.3 Å². The fourth-order valence-corrected chi connectivity index (χ4v) is 2.17. The van der Waals surface area contributed by atoms with Crippen LogP contribution in [0, 0.1) is 5.82 Å². The highest BCUT2D eigenvalue weighted by Crippen LogP contribution is 2.19. The lowest BCUT2D eigenvalue weighted by Gasteiger charge is -2.17. The smallest absolute Gasteiger partial charge is 0.263 e. The lowest BCUT2D eigenvalue weighted by Crippen LogP contribution is -2.22. The molecule has 3 aromatic rings. The fourth-order valence-electron chi connectivity index (χ4n) is 2.17. The predicted molar refractivity (Wildman–Crippen MR) is 79.6 cm³/mol. The van der Waals surface area contributed by atoms with Gasteiger partial charge in [-0.05, 0) is 17.7 Å². The van der Waals surface area contributed by atoms with Crippen LogP contribution >= 0.6 is 0 Å². The molecule has 22 heavy (non-hydrogen) atoms. The molecule has 1 aromatic carbocycles. The number of H-pyrrole nitrogens is 2. The first kappa shape index (κ1) is 14.1. The average molecular weight is 303 g/mol. The van der Waals surface area contributed by atoms with E-state index in [1.54, 1.807) is 24.1 Å². The molecule has 0 aliphatic heterocycles. The van der Waals surface area contributed by atoms with Crippen molar-refractivity contribution in [2.75, 3.05) is 19.1 Å². The van der Waals surface area contributed by atoms with Gasteiger partial charge >= 0.3 is 0 Å². The quantitative estimate of drug-likeness (QED) is 0.761. The van der Waals surface area contributed by atoms with Crippen molar-refractivity contribution in [3.8, 4) is 5.75 Å². The van der Waals surface area contributed by atoms with Crippen LogP contribution in [0.25, 0.3) is 11.0 Å². The predicted octanol–water partition coefficient (Wildman–Crippen LogP) is 1.43. The Bertz CT molecular complexity index is 873. The standard InChI is InChI=1S/C14H14FN5O2/c1-20(7-8-3-4-11(22-2)10(15)5-8)14-17-12-9(6-16-19-12)13(21)18-14/h3-6H,7H2,1-2H3,(H2,16,17,18,19,21). The molecular formula is C14H14FN5O2. The van der Waals surface area contributed by atoms with Gasteiger partial charge in [-0.1, -0.05) is 6.07 Å². The number of hydrogen-bond acceptors (Lipinski definition) is 5. The number of aromatic nitrogens is 4. The zero-order valence-electron chi connectivity index (χ0n) is 12.1. The molecule has 0 amide bonds. The Labute approximate surface area is 124 Å².